The smallest absolute Gasteiger partial charge is 0.0106 e. The summed E-state index contributed by atoms with van der Waals surface area (Å²) in [6.07, 6.45) is 5.11. The van der Waals surface area contributed by atoms with Crippen LogP contribution in [0.3, 0.4) is 0 Å². The maximum atomic E-state index is 6.75. The van der Waals surface area contributed by atoms with E-state index in [2.05, 4.69) is 95.6 Å². The molecule has 17 nitrogen and oxygen atoms in total. The average Bonchev–Trinajstić information content (AvgIpc) is 2.98. The molecule has 0 aliphatic carbocycles. The molecule has 47 heavy (non-hydrogen) atoms. The van der Waals surface area contributed by atoms with Crippen LogP contribution in [0.15, 0.2) is 0 Å². The second-order valence-corrected chi connectivity index (χ2v) is 12.1. The molecule has 0 unspecified atom stereocenters. The summed E-state index contributed by atoms with van der Waals surface area (Å²) >= 11 is 0. The molecule has 0 N–H and O–H groups in total. The third kappa shape index (κ3) is 44.6. The summed E-state index contributed by atoms with van der Waals surface area (Å²) in [7, 11) is 17.9. The standard InChI is InChI=1S/2C14H32N4.3N3.2Ni/c2*1-15-7-5-8-17(3)13-14-18(4)10-6-9-16(2)12-11-15;3*1-3-2;;/h2*5-14H2,1-4H3;;;;;/q;;3*-1;;. The van der Waals surface area contributed by atoms with Gasteiger partial charge in [-0.05, 0) is 134 Å². The number of likely N-dealkylation sites (N-methyl/N-ethyl adjacent to an activating group) is 8. The summed E-state index contributed by atoms with van der Waals surface area (Å²) in [5, 5.41) is 0. The van der Waals surface area contributed by atoms with E-state index < -0.39 is 0 Å². The molecule has 2 fully saturated rings. The third-order valence-corrected chi connectivity index (χ3v) is 7.77. The second kappa shape index (κ2) is 40.8. The van der Waals surface area contributed by atoms with Gasteiger partial charge in [0.25, 0.3) is 0 Å². The Morgan fingerprint density at radius 3 is 0.426 bits per heavy atom. The molecule has 2 aliphatic heterocycles. The number of rotatable bonds is 0. The van der Waals surface area contributed by atoms with E-state index >= 15 is 0 Å². The van der Waals surface area contributed by atoms with Crippen LogP contribution in [0.2, 0.25) is 0 Å². The average molecular weight is 756 g/mol. The van der Waals surface area contributed by atoms with Crippen molar-refractivity contribution in [3.63, 3.8) is 0 Å². The normalized spacial score (nSPS) is 20.4. The van der Waals surface area contributed by atoms with Gasteiger partial charge in [-0.2, -0.15) is 0 Å². The van der Waals surface area contributed by atoms with Crippen LogP contribution in [0.25, 0.3) is 47.9 Å². The zero-order valence-electron chi connectivity index (χ0n) is 30.4. The fourth-order valence-electron chi connectivity index (χ4n) is 4.70. The van der Waals surface area contributed by atoms with Crippen LogP contribution >= 0.6 is 0 Å². The summed E-state index contributed by atoms with van der Waals surface area (Å²) in [5.41, 5.74) is 40.5. The Morgan fingerprint density at radius 2 is 0.340 bits per heavy atom. The first-order chi connectivity index (χ1) is 21.4. The van der Waals surface area contributed by atoms with Gasteiger partial charge in [-0.15, -0.1) is 0 Å². The maximum absolute atomic E-state index is 6.75. The van der Waals surface area contributed by atoms with Gasteiger partial charge in [0.05, 0.1) is 0 Å². The van der Waals surface area contributed by atoms with Crippen LogP contribution in [0.5, 0.6) is 0 Å². The van der Waals surface area contributed by atoms with E-state index in [1.807, 2.05) is 0 Å². The van der Waals surface area contributed by atoms with Crippen molar-refractivity contribution in [3.8, 4) is 0 Å². The van der Waals surface area contributed by atoms with E-state index in [1.165, 1.54) is 145 Å². The molecule has 0 saturated carbocycles. The van der Waals surface area contributed by atoms with Crippen molar-refractivity contribution < 1.29 is 33.0 Å². The van der Waals surface area contributed by atoms with Gasteiger partial charge in [-0.1, -0.05) is 0 Å². The van der Waals surface area contributed by atoms with Gasteiger partial charge in [-0.25, -0.2) is 0 Å². The minimum atomic E-state index is 0. The molecule has 2 heterocycles. The predicted octanol–water partition coefficient (Wildman–Crippen LogP) is 3.61. The molecule has 19 heteroatoms. The van der Waals surface area contributed by atoms with Crippen LogP contribution in [-0.4, -0.2) is 200 Å². The van der Waals surface area contributed by atoms with Crippen molar-refractivity contribution in [1.82, 2.24) is 39.2 Å². The molecule has 0 bridgehead atoms. The molecule has 0 aromatic carbocycles. The van der Waals surface area contributed by atoms with Crippen molar-refractivity contribution in [2.24, 2.45) is 0 Å². The van der Waals surface area contributed by atoms with Crippen LogP contribution in [0, 0.1) is 0 Å². The van der Waals surface area contributed by atoms with Crippen molar-refractivity contribution >= 4 is 0 Å². The molecule has 284 valence electrons. The molecular weight excluding hydrogens is 692 g/mol. The Morgan fingerprint density at radius 1 is 0.255 bits per heavy atom. The fraction of sp³-hybridized carbons (Fsp3) is 1.00. The summed E-state index contributed by atoms with van der Waals surface area (Å²) in [4.78, 5) is 24.2. The zero-order chi connectivity index (χ0) is 34.9. The quantitative estimate of drug-likeness (QED) is 0.154. The van der Waals surface area contributed by atoms with E-state index in [0.717, 1.165) is 0 Å². The molecule has 0 radical (unpaired) electrons. The Kier molecular flexibility index (Phi) is 47.7. The Labute approximate surface area is 306 Å². The van der Waals surface area contributed by atoms with E-state index in [0.29, 0.717) is 0 Å². The van der Waals surface area contributed by atoms with Crippen LogP contribution in [0.1, 0.15) is 25.7 Å². The van der Waals surface area contributed by atoms with Crippen molar-refractivity contribution in [2.75, 3.05) is 161 Å². The number of nitrogens with zero attached hydrogens (tertiary/aromatic N) is 17. The van der Waals surface area contributed by atoms with Crippen molar-refractivity contribution in [2.45, 2.75) is 25.7 Å². The molecule has 0 aromatic rings. The molecule has 0 amide bonds. The van der Waals surface area contributed by atoms with Gasteiger partial charge in [-0.3, -0.25) is 14.7 Å². The van der Waals surface area contributed by atoms with E-state index in [-0.39, 0.29) is 33.0 Å². The molecule has 2 rings (SSSR count). The topological polar surface area (TPSA) is 202 Å². The minimum Gasteiger partial charge on any atom is -0.373 e. The maximum Gasteiger partial charge on any atom is 0.0106 e. The zero-order valence-corrected chi connectivity index (χ0v) is 32.4. The third-order valence-electron chi connectivity index (χ3n) is 7.77. The van der Waals surface area contributed by atoms with Gasteiger partial charge in [0.2, 0.25) is 0 Å². The number of hydrogen-bond acceptors (Lipinski definition) is 8. The van der Waals surface area contributed by atoms with E-state index in [1.54, 1.807) is 0 Å². The second-order valence-electron chi connectivity index (χ2n) is 12.1. The Balaban J connectivity index is -0.000000193. The first-order valence-corrected chi connectivity index (χ1v) is 15.8. The number of hydrogen-bond donors (Lipinski definition) is 0. The summed E-state index contributed by atoms with van der Waals surface area (Å²) < 4.78 is 0. The molecule has 2 saturated heterocycles. The first kappa shape index (κ1) is 55.0. The Bertz CT molecular complexity index is 607. The van der Waals surface area contributed by atoms with Crippen molar-refractivity contribution in [3.05, 3.63) is 47.9 Å². The van der Waals surface area contributed by atoms with Crippen LogP contribution in [-0.2, 0) is 33.0 Å². The molecule has 0 aromatic heterocycles. The largest absolute Gasteiger partial charge is 0.373 e. The first-order valence-electron chi connectivity index (χ1n) is 15.8. The molecular formula is C28H64N17Ni2-3. The van der Waals surface area contributed by atoms with Crippen molar-refractivity contribution in [1.29, 1.82) is 0 Å². The monoisotopic (exact) mass is 754 g/mol. The van der Waals surface area contributed by atoms with Gasteiger partial charge < -0.3 is 72.4 Å². The van der Waals surface area contributed by atoms with E-state index in [4.69, 9.17) is 33.2 Å². The summed E-state index contributed by atoms with van der Waals surface area (Å²) in [6.45, 7) is 19.3. The summed E-state index contributed by atoms with van der Waals surface area (Å²) in [6, 6.07) is 0. The minimum absolute atomic E-state index is 0. The van der Waals surface area contributed by atoms with Gasteiger partial charge >= 0.3 is 0 Å². The molecule has 0 atom stereocenters. The molecule has 0 spiro atoms. The summed E-state index contributed by atoms with van der Waals surface area (Å²) in [5.74, 6) is 0. The van der Waals surface area contributed by atoms with Gasteiger partial charge in [0.1, 0.15) is 0 Å². The van der Waals surface area contributed by atoms with Crippen LogP contribution in [0.4, 0.5) is 0 Å². The predicted molar refractivity (Wildman–Crippen MR) is 189 cm³/mol. The van der Waals surface area contributed by atoms with Crippen LogP contribution < -0.4 is 0 Å². The molecule has 2 aliphatic rings. The van der Waals surface area contributed by atoms with Gasteiger partial charge in [0.15, 0.2) is 0 Å². The van der Waals surface area contributed by atoms with Gasteiger partial charge in [0, 0.05) is 85.3 Å². The fourth-order valence-corrected chi connectivity index (χ4v) is 4.70. The van der Waals surface area contributed by atoms with E-state index in [9.17, 15) is 0 Å². The Hall–Kier alpha value is -1.40. The SMILES string of the molecule is CN1CCCN(C)CCN(C)CCCN(C)CC1.CN1CCCN(C)CCN(C)CCCN(C)CC1.[N-]=[N+]=[N-].[N-]=[N+]=[N-].[N-]=[N+]=[N-].[Ni].[Ni].